The quantitative estimate of drug-likeness (QED) is 0.918. The molecule has 114 valence electrons. The summed E-state index contributed by atoms with van der Waals surface area (Å²) >= 11 is 0. The van der Waals surface area contributed by atoms with E-state index in [0.717, 1.165) is 26.2 Å². The number of nitrogens with one attached hydrogen (secondary N) is 1. The average Bonchev–Trinajstić information content (AvgIpc) is 2.89. The second-order valence-electron chi connectivity index (χ2n) is 5.42. The van der Waals surface area contributed by atoms with Crippen LogP contribution in [0.4, 0.5) is 0 Å². The summed E-state index contributed by atoms with van der Waals surface area (Å²) in [7, 11) is -3.23. The molecule has 1 unspecified atom stereocenters. The molecule has 2 aromatic rings. The molecular formula is C14H19N3O3S. The molecule has 2 heterocycles. The summed E-state index contributed by atoms with van der Waals surface area (Å²) in [6.45, 7) is 5.89. The molecule has 21 heavy (non-hydrogen) atoms. The summed E-state index contributed by atoms with van der Waals surface area (Å²) < 4.78 is 29.0. The minimum atomic E-state index is -3.23. The Morgan fingerprint density at radius 3 is 2.71 bits per heavy atom. The number of rotatable bonds is 3. The molecule has 3 rings (SSSR count). The van der Waals surface area contributed by atoms with Crippen LogP contribution in [0.15, 0.2) is 27.5 Å². The Morgan fingerprint density at radius 1 is 1.33 bits per heavy atom. The van der Waals surface area contributed by atoms with E-state index in [1.165, 1.54) is 6.26 Å². The van der Waals surface area contributed by atoms with Crippen LogP contribution < -0.4 is 5.32 Å². The number of benzene rings is 1. The van der Waals surface area contributed by atoms with Crippen LogP contribution in [-0.2, 0) is 9.84 Å². The molecule has 6 nitrogen and oxygen atoms in total. The first-order chi connectivity index (χ1) is 9.95. The van der Waals surface area contributed by atoms with Gasteiger partial charge in [0, 0.05) is 32.4 Å². The van der Waals surface area contributed by atoms with Gasteiger partial charge < -0.3 is 9.73 Å². The molecular weight excluding hydrogens is 290 g/mol. The van der Waals surface area contributed by atoms with Crippen LogP contribution in [0.2, 0.25) is 0 Å². The molecule has 1 aliphatic rings. The monoisotopic (exact) mass is 309 g/mol. The standard InChI is InChI=1S/C14H19N3O3S/c1-10(17-7-5-15-6-8-17)14-16-12-9-11(21(2,18)19)3-4-13(12)20-14/h3-4,9-10,15H,5-8H2,1-2H3. The largest absolute Gasteiger partial charge is 0.439 e. The molecule has 1 aliphatic heterocycles. The fourth-order valence-electron chi connectivity index (χ4n) is 2.56. The maximum atomic E-state index is 11.6. The lowest BCUT2D eigenvalue weighted by Gasteiger charge is -2.30. The van der Waals surface area contributed by atoms with Crippen molar-refractivity contribution in [2.24, 2.45) is 0 Å². The van der Waals surface area contributed by atoms with Crippen molar-refractivity contribution in [3.8, 4) is 0 Å². The van der Waals surface area contributed by atoms with E-state index in [-0.39, 0.29) is 10.9 Å². The third-order valence-corrected chi connectivity index (χ3v) is 4.97. The van der Waals surface area contributed by atoms with E-state index in [0.29, 0.717) is 17.0 Å². The number of hydrogen-bond acceptors (Lipinski definition) is 6. The fourth-order valence-corrected chi connectivity index (χ4v) is 3.20. The number of oxazole rings is 1. The zero-order chi connectivity index (χ0) is 15.0. The fraction of sp³-hybridized carbons (Fsp3) is 0.500. The molecule has 1 saturated heterocycles. The van der Waals surface area contributed by atoms with Gasteiger partial charge in [0.2, 0.25) is 5.89 Å². The Kier molecular flexibility index (Phi) is 3.73. The number of aromatic nitrogens is 1. The number of nitrogens with zero attached hydrogens (tertiary/aromatic N) is 2. The Morgan fingerprint density at radius 2 is 2.05 bits per heavy atom. The number of fused-ring (bicyclic) bond motifs is 1. The van der Waals surface area contributed by atoms with Crippen LogP contribution in [0.3, 0.4) is 0 Å². The Balaban J connectivity index is 1.93. The van der Waals surface area contributed by atoms with Gasteiger partial charge in [-0.25, -0.2) is 13.4 Å². The van der Waals surface area contributed by atoms with Crippen molar-refractivity contribution >= 4 is 20.9 Å². The molecule has 7 heteroatoms. The van der Waals surface area contributed by atoms with Crippen LogP contribution in [0.25, 0.3) is 11.1 Å². The topological polar surface area (TPSA) is 75.4 Å². The molecule has 1 aromatic heterocycles. The van der Waals surface area contributed by atoms with Gasteiger partial charge in [-0.3, -0.25) is 4.90 Å². The maximum absolute atomic E-state index is 11.6. The van der Waals surface area contributed by atoms with Crippen molar-refractivity contribution in [1.29, 1.82) is 0 Å². The molecule has 1 fully saturated rings. The van der Waals surface area contributed by atoms with E-state index in [4.69, 9.17) is 4.42 Å². The predicted molar refractivity (Wildman–Crippen MR) is 80.0 cm³/mol. The third-order valence-electron chi connectivity index (χ3n) is 3.86. The van der Waals surface area contributed by atoms with Gasteiger partial charge in [-0.1, -0.05) is 0 Å². The minimum absolute atomic E-state index is 0.0844. The van der Waals surface area contributed by atoms with Gasteiger partial charge in [-0.05, 0) is 25.1 Å². The zero-order valence-corrected chi connectivity index (χ0v) is 13.0. The molecule has 1 aromatic carbocycles. The molecule has 0 spiro atoms. The van der Waals surface area contributed by atoms with E-state index in [1.807, 2.05) is 0 Å². The van der Waals surface area contributed by atoms with Gasteiger partial charge in [0.1, 0.15) is 5.52 Å². The maximum Gasteiger partial charge on any atom is 0.212 e. The smallest absolute Gasteiger partial charge is 0.212 e. The van der Waals surface area contributed by atoms with Crippen LogP contribution in [-0.4, -0.2) is 50.7 Å². The average molecular weight is 309 g/mol. The van der Waals surface area contributed by atoms with Gasteiger partial charge in [-0.2, -0.15) is 0 Å². The molecule has 0 radical (unpaired) electrons. The van der Waals surface area contributed by atoms with E-state index < -0.39 is 9.84 Å². The van der Waals surface area contributed by atoms with Crippen molar-refractivity contribution in [2.75, 3.05) is 32.4 Å². The van der Waals surface area contributed by atoms with E-state index in [1.54, 1.807) is 18.2 Å². The molecule has 1 atom stereocenters. The summed E-state index contributed by atoms with van der Waals surface area (Å²) in [5.41, 5.74) is 1.22. The zero-order valence-electron chi connectivity index (χ0n) is 12.2. The van der Waals surface area contributed by atoms with Crippen molar-refractivity contribution in [2.45, 2.75) is 17.9 Å². The second-order valence-corrected chi connectivity index (χ2v) is 7.43. The molecule has 0 bridgehead atoms. The number of hydrogen-bond donors (Lipinski definition) is 1. The molecule has 0 amide bonds. The first-order valence-corrected chi connectivity index (χ1v) is 8.89. The first-order valence-electron chi connectivity index (χ1n) is 7.00. The lowest BCUT2D eigenvalue weighted by Crippen LogP contribution is -2.44. The summed E-state index contributed by atoms with van der Waals surface area (Å²) in [6, 6.07) is 4.89. The highest BCUT2D eigenvalue weighted by Gasteiger charge is 2.22. The van der Waals surface area contributed by atoms with Gasteiger partial charge >= 0.3 is 0 Å². The highest BCUT2D eigenvalue weighted by atomic mass is 32.2. The molecule has 1 N–H and O–H groups in total. The first kappa shape index (κ1) is 14.5. The summed E-state index contributed by atoms with van der Waals surface area (Å²) in [4.78, 5) is 7.04. The lowest BCUT2D eigenvalue weighted by atomic mass is 10.2. The molecule has 0 saturated carbocycles. The van der Waals surface area contributed by atoms with Crippen molar-refractivity contribution in [3.05, 3.63) is 24.1 Å². The summed E-state index contributed by atoms with van der Waals surface area (Å²) in [5.74, 6) is 0.637. The third kappa shape index (κ3) is 2.95. The van der Waals surface area contributed by atoms with Crippen molar-refractivity contribution in [3.63, 3.8) is 0 Å². The van der Waals surface area contributed by atoms with Gasteiger partial charge in [0.25, 0.3) is 0 Å². The Bertz CT molecular complexity index is 748. The Labute approximate surface area is 124 Å². The van der Waals surface area contributed by atoms with Crippen LogP contribution in [0.5, 0.6) is 0 Å². The Hall–Kier alpha value is -1.44. The minimum Gasteiger partial charge on any atom is -0.439 e. The van der Waals surface area contributed by atoms with Gasteiger partial charge in [0.05, 0.1) is 10.9 Å². The van der Waals surface area contributed by atoms with E-state index >= 15 is 0 Å². The van der Waals surface area contributed by atoms with Crippen LogP contribution in [0, 0.1) is 0 Å². The molecule has 0 aliphatic carbocycles. The highest BCUT2D eigenvalue weighted by Crippen LogP contribution is 2.26. The summed E-state index contributed by atoms with van der Waals surface area (Å²) in [6.07, 6.45) is 1.19. The van der Waals surface area contributed by atoms with Gasteiger partial charge in [0.15, 0.2) is 15.4 Å². The van der Waals surface area contributed by atoms with E-state index in [9.17, 15) is 8.42 Å². The predicted octanol–water partition coefficient (Wildman–Crippen LogP) is 1.20. The van der Waals surface area contributed by atoms with Crippen molar-refractivity contribution in [1.82, 2.24) is 15.2 Å². The highest BCUT2D eigenvalue weighted by molar-refractivity contribution is 7.90. The van der Waals surface area contributed by atoms with Gasteiger partial charge in [-0.15, -0.1) is 0 Å². The van der Waals surface area contributed by atoms with Crippen LogP contribution >= 0.6 is 0 Å². The second kappa shape index (κ2) is 5.40. The summed E-state index contributed by atoms with van der Waals surface area (Å²) in [5, 5.41) is 3.31. The lowest BCUT2D eigenvalue weighted by molar-refractivity contribution is 0.164. The van der Waals surface area contributed by atoms with Crippen LogP contribution in [0.1, 0.15) is 18.9 Å². The number of piperazine rings is 1. The van der Waals surface area contributed by atoms with E-state index in [2.05, 4.69) is 22.1 Å². The normalized spacial score (nSPS) is 19.0. The SMILES string of the molecule is CC(c1nc2cc(S(C)(=O)=O)ccc2o1)N1CCNCC1. The van der Waals surface area contributed by atoms with Crippen molar-refractivity contribution < 1.29 is 12.8 Å². The number of sulfone groups is 1.